The second kappa shape index (κ2) is 9.70. The Kier molecular flexibility index (Phi) is 6.97. The fraction of sp³-hybridized carbons (Fsp3) is 0.680. The summed E-state index contributed by atoms with van der Waals surface area (Å²) in [6, 6.07) is 4.56. The number of likely N-dealkylation sites (tertiary alicyclic amines) is 1. The lowest BCUT2D eigenvalue weighted by atomic mass is 9.69. The maximum Gasteiger partial charge on any atom is 0.215 e. The molecule has 2 aromatic rings. The summed E-state index contributed by atoms with van der Waals surface area (Å²) in [5, 5.41) is 3.90. The zero-order valence-electron chi connectivity index (χ0n) is 19.8. The summed E-state index contributed by atoms with van der Waals surface area (Å²) in [6.45, 7) is 10.6. The monoisotopic (exact) mass is 425 g/mol. The van der Waals surface area contributed by atoms with E-state index in [1.54, 1.807) is 7.11 Å². The minimum Gasteiger partial charge on any atom is -0.481 e. The van der Waals surface area contributed by atoms with Crippen LogP contribution in [0.4, 0.5) is 0 Å². The Hall–Kier alpha value is -1.92. The molecular weight excluding hydrogens is 386 g/mol. The molecule has 6 heteroatoms. The molecule has 2 N–H and O–H groups in total. The highest BCUT2D eigenvalue weighted by Gasteiger charge is 2.32. The number of imidazole rings is 1. The van der Waals surface area contributed by atoms with E-state index in [0.29, 0.717) is 35.6 Å². The maximum absolute atomic E-state index is 5.24. The van der Waals surface area contributed by atoms with Crippen LogP contribution in [0.2, 0.25) is 0 Å². The van der Waals surface area contributed by atoms with E-state index in [9.17, 15) is 0 Å². The second-order valence-corrected chi connectivity index (χ2v) is 10.0. The molecule has 0 bridgehead atoms. The van der Waals surface area contributed by atoms with Crippen LogP contribution in [0.25, 0.3) is 11.2 Å². The zero-order chi connectivity index (χ0) is 22.0. The third kappa shape index (κ3) is 5.29. The number of nitrogens with one attached hydrogen (secondary N) is 2. The fourth-order valence-electron chi connectivity index (χ4n) is 5.39. The van der Waals surface area contributed by atoms with Crippen molar-refractivity contribution in [3.8, 4) is 5.88 Å². The van der Waals surface area contributed by atoms with Crippen LogP contribution in [0.1, 0.15) is 45.9 Å². The molecule has 6 nitrogen and oxygen atoms in total. The number of rotatable bonds is 7. The highest BCUT2D eigenvalue weighted by atomic mass is 16.5. The highest BCUT2D eigenvalue weighted by Crippen LogP contribution is 2.38. The van der Waals surface area contributed by atoms with Crippen LogP contribution in [0, 0.1) is 23.7 Å². The van der Waals surface area contributed by atoms with Gasteiger partial charge in [0.2, 0.25) is 5.88 Å². The Morgan fingerprint density at radius 2 is 2.00 bits per heavy atom. The largest absolute Gasteiger partial charge is 0.481 e. The van der Waals surface area contributed by atoms with Crippen molar-refractivity contribution in [1.82, 2.24) is 25.2 Å². The molecule has 1 saturated heterocycles. The van der Waals surface area contributed by atoms with Gasteiger partial charge in [-0.2, -0.15) is 4.98 Å². The SMILES string of the molecule is COc1ccc2[nH]c(CC3CC(C(C)C)C(CNC4CCN(C)CC4)C=C3C)nc2n1. The van der Waals surface area contributed by atoms with Gasteiger partial charge < -0.3 is 19.9 Å². The van der Waals surface area contributed by atoms with E-state index >= 15 is 0 Å². The normalized spacial score (nSPS) is 25.9. The second-order valence-electron chi connectivity index (χ2n) is 10.0. The average molecular weight is 426 g/mol. The number of hydrogen-bond acceptors (Lipinski definition) is 5. The van der Waals surface area contributed by atoms with Crippen molar-refractivity contribution >= 4 is 11.2 Å². The van der Waals surface area contributed by atoms with Gasteiger partial charge in [0.1, 0.15) is 5.82 Å². The van der Waals surface area contributed by atoms with Gasteiger partial charge in [0.05, 0.1) is 12.6 Å². The van der Waals surface area contributed by atoms with Gasteiger partial charge in [0, 0.05) is 25.1 Å². The molecule has 3 atom stereocenters. The molecule has 4 rings (SSSR count). The molecule has 0 aromatic carbocycles. The molecule has 3 heterocycles. The predicted octanol–water partition coefficient (Wildman–Crippen LogP) is 4.05. The molecule has 1 aliphatic carbocycles. The topological polar surface area (TPSA) is 66.1 Å². The van der Waals surface area contributed by atoms with Crippen molar-refractivity contribution in [2.24, 2.45) is 23.7 Å². The lowest BCUT2D eigenvalue weighted by Crippen LogP contribution is -2.44. The fourth-order valence-corrected chi connectivity index (χ4v) is 5.39. The number of H-pyrrole nitrogens is 1. The molecule has 31 heavy (non-hydrogen) atoms. The predicted molar refractivity (Wildman–Crippen MR) is 126 cm³/mol. The van der Waals surface area contributed by atoms with Crippen LogP contribution in [-0.2, 0) is 6.42 Å². The summed E-state index contributed by atoms with van der Waals surface area (Å²) in [5.41, 5.74) is 3.24. The van der Waals surface area contributed by atoms with Crippen LogP contribution >= 0.6 is 0 Å². The van der Waals surface area contributed by atoms with Gasteiger partial charge in [-0.25, -0.2) is 4.98 Å². The van der Waals surface area contributed by atoms with Gasteiger partial charge in [-0.1, -0.05) is 25.5 Å². The van der Waals surface area contributed by atoms with Gasteiger partial charge in [-0.05, 0) is 76.1 Å². The van der Waals surface area contributed by atoms with Crippen LogP contribution in [0.3, 0.4) is 0 Å². The number of hydrogen-bond donors (Lipinski definition) is 2. The third-order valence-electron chi connectivity index (χ3n) is 7.46. The Morgan fingerprint density at radius 3 is 2.71 bits per heavy atom. The van der Waals surface area contributed by atoms with E-state index in [-0.39, 0.29) is 0 Å². The summed E-state index contributed by atoms with van der Waals surface area (Å²) < 4.78 is 5.24. The van der Waals surface area contributed by atoms with Crippen LogP contribution in [0.15, 0.2) is 23.8 Å². The van der Waals surface area contributed by atoms with Gasteiger partial charge in [-0.3, -0.25) is 0 Å². The summed E-state index contributed by atoms with van der Waals surface area (Å²) in [7, 11) is 3.87. The smallest absolute Gasteiger partial charge is 0.215 e. The van der Waals surface area contributed by atoms with Gasteiger partial charge in [-0.15, -0.1) is 0 Å². The Labute approximate surface area is 186 Å². The number of aromatic amines is 1. The Morgan fingerprint density at radius 1 is 1.23 bits per heavy atom. The van der Waals surface area contributed by atoms with E-state index in [4.69, 9.17) is 9.72 Å². The first-order chi connectivity index (χ1) is 14.9. The highest BCUT2D eigenvalue weighted by molar-refractivity contribution is 5.71. The van der Waals surface area contributed by atoms with Crippen molar-refractivity contribution in [3.63, 3.8) is 0 Å². The van der Waals surface area contributed by atoms with Gasteiger partial charge in [0.25, 0.3) is 0 Å². The van der Waals surface area contributed by atoms with Crippen molar-refractivity contribution in [3.05, 3.63) is 29.6 Å². The number of fused-ring (bicyclic) bond motifs is 1. The summed E-state index contributed by atoms with van der Waals surface area (Å²) in [4.78, 5) is 15.1. The lowest BCUT2D eigenvalue weighted by Gasteiger charge is -2.38. The van der Waals surface area contributed by atoms with Crippen LogP contribution < -0.4 is 10.1 Å². The summed E-state index contributed by atoms with van der Waals surface area (Å²) in [5.74, 6) is 4.18. The molecule has 2 aromatic heterocycles. The molecule has 170 valence electrons. The standard InChI is InChI=1S/C25H39N5O/c1-16(2)21-13-18(14-23-27-22-6-7-24(31-5)29-25(22)28-23)17(3)12-19(21)15-26-20-8-10-30(4)11-9-20/h6-7,12,16,18-21,26H,8-11,13-15H2,1-5H3,(H,27,28,29). The maximum atomic E-state index is 5.24. The van der Waals surface area contributed by atoms with Crippen LogP contribution in [-0.4, -0.2) is 59.7 Å². The molecule has 0 spiro atoms. The lowest BCUT2D eigenvalue weighted by molar-refractivity contribution is 0.197. The first-order valence-corrected chi connectivity index (χ1v) is 11.9. The molecule has 0 radical (unpaired) electrons. The molecule has 1 aliphatic heterocycles. The minimum absolute atomic E-state index is 0.537. The van der Waals surface area contributed by atoms with E-state index in [0.717, 1.165) is 30.0 Å². The van der Waals surface area contributed by atoms with Crippen molar-refractivity contribution in [2.75, 3.05) is 33.8 Å². The summed E-state index contributed by atoms with van der Waals surface area (Å²) in [6.07, 6.45) is 7.27. The Balaban J connectivity index is 1.43. The average Bonchev–Trinajstić information content (AvgIpc) is 3.16. The first kappa shape index (κ1) is 22.3. The number of pyridine rings is 1. The number of allylic oxidation sites excluding steroid dienone is 1. The van der Waals surface area contributed by atoms with Gasteiger partial charge >= 0.3 is 0 Å². The first-order valence-electron chi connectivity index (χ1n) is 11.9. The number of nitrogens with zero attached hydrogens (tertiary/aromatic N) is 3. The number of aromatic nitrogens is 3. The molecule has 3 unspecified atom stereocenters. The molecule has 0 saturated carbocycles. The molecule has 0 amide bonds. The minimum atomic E-state index is 0.537. The van der Waals surface area contributed by atoms with E-state index in [2.05, 4.69) is 54.1 Å². The van der Waals surface area contributed by atoms with Crippen molar-refractivity contribution in [2.45, 2.75) is 52.5 Å². The quantitative estimate of drug-likeness (QED) is 0.655. The Bertz CT molecular complexity index is 896. The molecule has 2 aliphatic rings. The zero-order valence-corrected chi connectivity index (χ0v) is 19.8. The molecule has 1 fully saturated rings. The van der Waals surface area contributed by atoms with Gasteiger partial charge in [0.15, 0.2) is 5.65 Å². The summed E-state index contributed by atoms with van der Waals surface area (Å²) >= 11 is 0. The van der Waals surface area contributed by atoms with E-state index in [1.807, 2.05) is 12.1 Å². The number of ether oxygens (including phenoxy) is 1. The van der Waals surface area contributed by atoms with Crippen molar-refractivity contribution < 1.29 is 4.74 Å². The third-order valence-corrected chi connectivity index (χ3v) is 7.46. The molecular formula is C25H39N5O. The van der Waals surface area contributed by atoms with Crippen LogP contribution in [0.5, 0.6) is 5.88 Å². The number of piperidine rings is 1. The van der Waals surface area contributed by atoms with E-state index < -0.39 is 0 Å². The van der Waals surface area contributed by atoms with E-state index in [1.165, 1.54) is 37.9 Å². The number of methoxy groups -OCH3 is 1. The van der Waals surface area contributed by atoms with Crippen molar-refractivity contribution in [1.29, 1.82) is 0 Å².